The Bertz CT molecular complexity index is 2160. The van der Waals surface area contributed by atoms with E-state index in [0.29, 0.717) is 13.2 Å². The molecule has 0 saturated carbocycles. The van der Waals surface area contributed by atoms with Gasteiger partial charge in [-0.3, -0.25) is 0 Å². The van der Waals surface area contributed by atoms with Gasteiger partial charge in [-0.25, -0.2) is 0 Å². The molecule has 0 aliphatic carbocycles. The van der Waals surface area contributed by atoms with Crippen LogP contribution in [-0.2, 0) is 22.7 Å². The van der Waals surface area contributed by atoms with Crippen molar-refractivity contribution >= 4 is 32.6 Å². The van der Waals surface area contributed by atoms with Crippen LogP contribution < -0.4 is 11.5 Å². The minimum absolute atomic E-state index is 0.473. The summed E-state index contributed by atoms with van der Waals surface area (Å²) in [5.41, 5.74) is 21.1. The quantitative estimate of drug-likeness (QED) is 0.165. The first-order chi connectivity index (χ1) is 22.2. The Hall–Kier alpha value is -5.94. The van der Waals surface area contributed by atoms with Crippen LogP contribution in [0.15, 0.2) is 152 Å². The summed E-state index contributed by atoms with van der Waals surface area (Å²) >= 11 is 0. The van der Waals surface area contributed by atoms with Gasteiger partial charge >= 0.3 is 0 Å². The van der Waals surface area contributed by atoms with Crippen LogP contribution in [0.3, 0.4) is 0 Å². The average molecular weight is 588 g/mol. The monoisotopic (exact) mass is 587 g/mol. The van der Waals surface area contributed by atoms with Crippen LogP contribution >= 0.6 is 0 Å². The number of hydrogen-bond acceptors (Lipinski definition) is 4. The Morgan fingerprint density at radius 2 is 1.09 bits per heavy atom. The number of hydrogen-bond donors (Lipinski definition) is 2. The molecule has 0 unspecified atom stereocenters. The lowest BCUT2D eigenvalue weighted by molar-refractivity contribution is 0.235. The molecule has 7 aromatic rings. The van der Waals surface area contributed by atoms with Crippen LogP contribution in [-0.4, -0.2) is 4.57 Å². The van der Waals surface area contributed by atoms with Crippen molar-refractivity contribution in [3.63, 3.8) is 0 Å². The van der Waals surface area contributed by atoms with E-state index in [0.717, 1.165) is 39.0 Å². The van der Waals surface area contributed by atoms with Crippen LogP contribution in [0, 0.1) is 0 Å². The fourth-order valence-corrected chi connectivity index (χ4v) is 6.13. The Kier molecular flexibility index (Phi) is 7.65. The number of fused-ring (bicyclic) bond motifs is 5. The summed E-state index contributed by atoms with van der Waals surface area (Å²) in [6.45, 7) is 0.952. The molecule has 0 aliphatic rings. The van der Waals surface area contributed by atoms with Crippen molar-refractivity contribution < 1.29 is 9.47 Å². The maximum absolute atomic E-state index is 5.49. The SMILES string of the molecule is N/C=C\OCc1ccc(-c2ccc3c4c5ccccc5c(-c5ccc(CO/C=C\N)cc5)cc4n(-c4ccccc4)c3c2)cc1. The second-order valence-electron chi connectivity index (χ2n) is 10.9. The predicted molar refractivity (Wildman–Crippen MR) is 185 cm³/mol. The van der Waals surface area contributed by atoms with Crippen LogP contribution in [0.25, 0.3) is 60.5 Å². The highest BCUT2D eigenvalue weighted by Gasteiger charge is 2.18. The third kappa shape index (κ3) is 5.36. The van der Waals surface area contributed by atoms with E-state index in [9.17, 15) is 0 Å². The number of nitrogens with zero attached hydrogens (tertiary/aromatic N) is 1. The Labute approximate surface area is 262 Å². The Morgan fingerprint density at radius 1 is 0.511 bits per heavy atom. The van der Waals surface area contributed by atoms with E-state index in [1.165, 1.54) is 57.5 Å². The lowest BCUT2D eigenvalue weighted by atomic mass is 9.94. The highest BCUT2D eigenvalue weighted by Crippen LogP contribution is 2.42. The molecule has 0 saturated heterocycles. The number of rotatable bonds is 9. The smallest absolute Gasteiger partial charge is 0.112 e. The number of aromatic nitrogens is 1. The topological polar surface area (TPSA) is 75.4 Å². The second kappa shape index (κ2) is 12.3. The van der Waals surface area contributed by atoms with Gasteiger partial charge in [0.05, 0.1) is 23.6 Å². The maximum Gasteiger partial charge on any atom is 0.112 e. The van der Waals surface area contributed by atoms with Crippen molar-refractivity contribution in [3.8, 4) is 27.9 Å². The lowest BCUT2D eigenvalue weighted by Gasteiger charge is -2.13. The summed E-state index contributed by atoms with van der Waals surface area (Å²) in [6.07, 6.45) is 5.82. The van der Waals surface area contributed by atoms with Crippen molar-refractivity contribution in [2.45, 2.75) is 13.2 Å². The molecule has 0 bridgehead atoms. The van der Waals surface area contributed by atoms with E-state index in [2.05, 4.69) is 132 Å². The second-order valence-corrected chi connectivity index (χ2v) is 10.9. The summed E-state index contributed by atoms with van der Waals surface area (Å²) in [5, 5.41) is 4.92. The third-order valence-corrected chi connectivity index (χ3v) is 8.19. The lowest BCUT2D eigenvalue weighted by Crippen LogP contribution is -1.94. The Balaban J connectivity index is 1.42. The number of ether oxygens (including phenoxy) is 2. The largest absolute Gasteiger partial charge is 0.495 e. The van der Waals surface area contributed by atoms with Crippen molar-refractivity contribution in [2.24, 2.45) is 11.5 Å². The van der Waals surface area contributed by atoms with E-state index in [1.807, 2.05) is 0 Å². The zero-order valence-corrected chi connectivity index (χ0v) is 24.8. The molecule has 0 atom stereocenters. The van der Waals surface area contributed by atoms with E-state index in [1.54, 1.807) is 0 Å². The summed E-state index contributed by atoms with van der Waals surface area (Å²) in [5.74, 6) is 0. The summed E-state index contributed by atoms with van der Waals surface area (Å²) in [7, 11) is 0. The van der Waals surface area contributed by atoms with Gasteiger partial charge in [0.1, 0.15) is 13.2 Å². The molecule has 0 spiro atoms. The van der Waals surface area contributed by atoms with E-state index < -0.39 is 0 Å². The molecule has 0 aliphatic heterocycles. The molecule has 1 aromatic heterocycles. The van der Waals surface area contributed by atoms with Crippen LogP contribution in [0.1, 0.15) is 11.1 Å². The molecule has 4 N–H and O–H groups in total. The molecule has 5 heteroatoms. The van der Waals surface area contributed by atoms with Gasteiger partial charge in [0.2, 0.25) is 0 Å². The van der Waals surface area contributed by atoms with Gasteiger partial charge in [0.25, 0.3) is 0 Å². The van der Waals surface area contributed by atoms with Gasteiger partial charge in [0.15, 0.2) is 0 Å². The highest BCUT2D eigenvalue weighted by molar-refractivity contribution is 6.24. The predicted octanol–water partition coefficient (Wildman–Crippen LogP) is 9.16. The molecule has 1 heterocycles. The maximum atomic E-state index is 5.49. The number of nitrogens with two attached hydrogens (primary N) is 2. The minimum atomic E-state index is 0.473. The fourth-order valence-electron chi connectivity index (χ4n) is 6.13. The first kappa shape index (κ1) is 27.9. The molecule has 6 aromatic carbocycles. The zero-order valence-electron chi connectivity index (χ0n) is 24.8. The van der Waals surface area contributed by atoms with E-state index in [4.69, 9.17) is 20.9 Å². The summed E-state index contributed by atoms with van der Waals surface area (Å²) in [6, 6.07) is 45.6. The Morgan fingerprint density at radius 3 is 1.73 bits per heavy atom. The summed E-state index contributed by atoms with van der Waals surface area (Å²) in [4.78, 5) is 0. The van der Waals surface area contributed by atoms with Gasteiger partial charge in [-0.15, -0.1) is 0 Å². The van der Waals surface area contributed by atoms with Gasteiger partial charge in [-0.2, -0.15) is 0 Å². The molecule has 5 nitrogen and oxygen atoms in total. The third-order valence-electron chi connectivity index (χ3n) is 8.19. The van der Waals surface area contributed by atoms with Crippen LogP contribution in [0.2, 0.25) is 0 Å². The van der Waals surface area contributed by atoms with Gasteiger partial charge < -0.3 is 25.5 Å². The average Bonchev–Trinajstić information content (AvgIpc) is 3.43. The molecule has 0 amide bonds. The molecule has 7 rings (SSSR count). The molecule has 0 fully saturated rings. The first-order valence-corrected chi connectivity index (χ1v) is 15.0. The molecule has 220 valence electrons. The van der Waals surface area contributed by atoms with Crippen LogP contribution in [0.4, 0.5) is 0 Å². The first-order valence-electron chi connectivity index (χ1n) is 15.0. The van der Waals surface area contributed by atoms with Gasteiger partial charge in [-0.05, 0) is 68.4 Å². The number of benzene rings is 6. The normalized spacial score (nSPS) is 11.7. The molecular weight excluding hydrogens is 554 g/mol. The number of para-hydroxylation sites is 1. The minimum Gasteiger partial charge on any atom is -0.495 e. The van der Waals surface area contributed by atoms with Crippen molar-refractivity contribution in [2.75, 3.05) is 0 Å². The van der Waals surface area contributed by atoms with Crippen molar-refractivity contribution in [1.82, 2.24) is 4.57 Å². The fraction of sp³-hybridized carbons (Fsp3) is 0.0500. The highest BCUT2D eigenvalue weighted by atomic mass is 16.5. The zero-order chi connectivity index (χ0) is 30.6. The van der Waals surface area contributed by atoms with Crippen molar-refractivity contribution in [1.29, 1.82) is 0 Å². The molecule has 45 heavy (non-hydrogen) atoms. The molecular formula is C40H33N3O2. The standard InChI is InChI=1S/C40H33N3O2/c41-20-22-44-26-28-10-14-30(15-11-28)32-18-19-36-38(24-32)43(33-6-2-1-3-7-33)39-25-37(34-8-4-5-9-35(34)40(36)39)31-16-12-29(13-17-31)27-45-23-21-42/h1-25H,26-27,41-42H2/b22-20-,23-21-. The molecule has 0 radical (unpaired) electrons. The van der Waals surface area contributed by atoms with E-state index >= 15 is 0 Å². The van der Waals surface area contributed by atoms with E-state index in [-0.39, 0.29) is 0 Å². The van der Waals surface area contributed by atoms with Gasteiger partial charge in [0, 0.05) is 28.9 Å². The van der Waals surface area contributed by atoms with Gasteiger partial charge in [-0.1, -0.05) is 103 Å². The van der Waals surface area contributed by atoms with Crippen LogP contribution in [0.5, 0.6) is 0 Å². The van der Waals surface area contributed by atoms with Crippen molar-refractivity contribution in [3.05, 3.63) is 163 Å². The summed E-state index contributed by atoms with van der Waals surface area (Å²) < 4.78 is 13.3.